The lowest BCUT2D eigenvalue weighted by atomic mass is 9.94. The zero-order chi connectivity index (χ0) is 20.6. The number of nitrogens with one attached hydrogen (secondary N) is 1. The molecule has 2 amide bonds. The van der Waals surface area contributed by atoms with E-state index in [-0.39, 0.29) is 18.4 Å². The lowest BCUT2D eigenvalue weighted by Crippen LogP contribution is -2.64. The molecule has 0 bridgehead atoms. The van der Waals surface area contributed by atoms with Gasteiger partial charge < -0.3 is 5.32 Å². The van der Waals surface area contributed by atoms with Crippen molar-refractivity contribution in [2.45, 2.75) is 32.5 Å². The van der Waals surface area contributed by atoms with E-state index in [9.17, 15) is 14.0 Å². The predicted molar refractivity (Wildman–Crippen MR) is 107 cm³/mol. The van der Waals surface area contributed by atoms with Gasteiger partial charge in [-0.2, -0.15) is 5.10 Å². The van der Waals surface area contributed by atoms with Crippen molar-refractivity contribution in [1.82, 2.24) is 15.1 Å². The molecular weight excluding hydrogens is 371 g/mol. The standard InChI is InChI=1S/C22H21FN4O2/c1-15-12-19-20(28)27(18-10-8-17(23)9-11-18)22(2,14-26(19)25-15)21(29)24-13-16-6-4-3-5-7-16/h3-12H,13-14H2,1-2H3,(H,24,29)/t22-/m0/s1. The van der Waals surface area contributed by atoms with Crippen molar-refractivity contribution in [3.63, 3.8) is 0 Å². The Morgan fingerprint density at radius 1 is 1.17 bits per heavy atom. The van der Waals surface area contributed by atoms with Gasteiger partial charge in [0.25, 0.3) is 5.91 Å². The molecule has 1 aliphatic rings. The number of hydrogen-bond donors (Lipinski definition) is 1. The molecule has 2 heterocycles. The number of fused-ring (bicyclic) bond motifs is 1. The number of anilines is 1. The second-order valence-electron chi connectivity index (χ2n) is 7.39. The number of hydrogen-bond acceptors (Lipinski definition) is 3. The Labute approximate surface area is 167 Å². The van der Waals surface area contributed by atoms with E-state index in [0.717, 1.165) is 5.56 Å². The van der Waals surface area contributed by atoms with Gasteiger partial charge in [-0.05, 0) is 49.7 Å². The van der Waals surface area contributed by atoms with E-state index in [4.69, 9.17) is 0 Å². The quantitative estimate of drug-likeness (QED) is 0.742. The average molecular weight is 392 g/mol. The van der Waals surface area contributed by atoms with Crippen molar-refractivity contribution in [1.29, 1.82) is 0 Å². The molecule has 2 aromatic carbocycles. The van der Waals surface area contributed by atoms with Crippen molar-refractivity contribution in [2.24, 2.45) is 0 Å². The van der Waals surface area contributed by atoms with E-state index >= 15 is 0 Å². The number of nitrogens with zero attached hydrogens (tertiary/aromatic N) is 3. The van der Waals surface area contributed by atoms with E-state index < -0.39 is 11.4 Å². The highest BCUT2D eigenvalue weighted by Crippen LogP contribution is 2.33. The molecule has 0 spiro atoms. The maximum absolute atomic E-state index is 13.5. The molecule has 148 valence electrons. The minimum Gasteiger partial charge on any atom is -0.350 e. The van der Waals surface area contributed by atoms with Crippen LogP contribution in [0.15, 0.2) is 60.7 Å². The fourth-order valence-electron chi connectivity index (χ4n) is 3.67. The molecule has 3 aromatic rings. The molecule has 1 atom stereocenters. The van der Waals surface area contributed by atoms with E-state index in [1.54, 1.807) is 24.6 Å². The van der Waals surface area contributed by atoms with Crippen LogP contribution in [0.3, 0.4) is 0 Å². The van der Waals surface area contributed by atoms with Crippen LogP contribution in [0.1, 0.15) is 28.7 Å². The van der Waals surface area contributed by atoms with Gasteiger partial charge in [0.1, 0.15) is 17.1 Å². The Morgan fingerprint density at radius 3 is 2.55 bits per heavy atom. The normalized spacial score (nSPS) is 18.4. The first kappa shape index (κ1) is 18.9. The Bertz CT molecular complexity index is 1060. The van der Waals surface area contributed by atoms with Gasteiger partial charge in [0.05, 0.1) is 12.2 Å². The molecule has 29 heavy (non-hydrogen) atoms. The van der Waals surface area contributed by atoms with Gasteiger partial charge in [-0.1, -0.05) is 30.3 Å². The maximum atomic E-state index is 13.5. The largest absolute Gasteiger partial charge is 0.350 e. The Kier molecular flexibility index (Phi) is 4.66. The molecule has 6 nitrogen and oxygen atoms in total. The highest BCUT2D eigenvalue weighted by atomic mass is 19.1. The number of amides is 2. The van der Waals surface area contributed by atoms with Gasteiger partial charge in [0, 0.05) is 12.2 Å². The molecule has 1 N–H and O–H groups in total. The fraction of sp³-hybridized carbons (Fsp3) is 0.227. The summed E-state index contributed by atoms with van der Waals surface area (Å²) in [5.41, 5.74) is 1.28. The molecule has 0 fully saturated rings. The second-order valence-corrected chi connectivity index (χ2v) is 7.39. The highest BCUT2D eigenvalue weighted by Gasteiger charge is 2.48. The van der Waals surface area contributed by atoms with E-state index in [1.165, 1.54) is 29.2 Å². The van der Waals surface area contributed by atoms with Crippen molar-refractivity contribution in [3.05, 3.63) is 83.4 Å². The third-order valence-corrected chi connectivity index (χ3v) is 5.15. The Hall–Kier alpha value is -3.48. The zero-order valence-electron chi connectivity index (χ0n) is 16.2. The van der Waals surface area contributed by atoms with Crippen molar-refractivity contribution in [2.75, 3.05) is 4.90 Å². The molecule has 1 aromatic heterocycles. The number of carbonyl (C=O) groups is 2. The number of benzene rings is 2. The highest BCUT2D eigenvalue weighted by molar-refractivity contribution is 6.11. The molecule has 4 rings (SSSR count). The topological polar surface area (TPSA) is 67.2 Å². The lowest BCUT2D eigenvalue weighted by Gasteiger charge is -2.43. The molecule has 1 aliphatic heterocycles. The minimum atomic E-state index is -1.23. The van der Waals surface area contributed by atoms with E-state index in [1.807, 2.05) is 30.3 Å². The van der Waals surface area contributed by atoms with Gasteiger partial charge in [0.15, 0.2) is 0 Å². The van der Waals surface area contributed by atoms with Gasteiger partial charge in [-0.15, -0.1) is 0 Å². The molecule has 0 saturated carbocycles. The first-order valence-electron chi connectivity index (χ1n) is 9.35. The van der Waals surface area contributed by atoms with Crippen LogP contribution in [0, 0.1) is 12.7 Å². The number of carbonyl (C=O) groups excluding carboxylic acids is 2. The van der Waals surface area contributed by atoms with Crippen LogP contribution in [0.2, 0.25) is 0 Å². The molecule has 7 heteroatoms. The molecule has 0 aliphatic carbocycles. The van der Waals surface area contributed by atoms with E-state index in [0.29, 0.717) is 23.6 Å². The maximum Gasteiger partial charge on any atom is 0.277 e. The van der Waals surface area contributed by atoms with Crippen LogP contribution in [0.4, 0.5) is 10.1 Å². The Balaban J connectivity index is 1.71. The van der Waals surface area contributed by atoms with E-state index in [2.05, 4.69) is 10.4 Å². The van der Waals surface area contributed by atoms with Gasteiger partial charge in [-0.3, -0.25) is 19.2 Å². The summed E-state index contributed by atoms with van der Waals surface area (Å²) in [6.07, 6.45) is 0. The van der Waals surface area contributed by atoms with Crippen LogP contribution >= 0.6 is 0 Å². The van der Waals surface area contributed by atoms with Crippen LogP contribution in [-0.2, 0) is 17.9 Å². The second kappa shape index (κ2) is 7.16. The number of aryl methyl sites for hydroxylation is 1. The molecular formula is C22H21FN4O2. The minimum absolute atomic E-state index is 0.194. The Morgan fingerprint density at radius 2 is 1.86 bits per heavy atom. The van der Waals surface area contributed by atoms with Crippen molar-refractivity contribution < 1.29 is 14.0 Å². The third-order valence-electron chi connectivity index (χ3n) is 5.15. The molecule has 0 saturated heterocycles. The summed E-state index contributed by atoms with van der Waals surface area (Å²) in [4.78, 5) is 28.0. The van der Waals surface area contributed by atoms with Gasteiger partial charge >= 0.3 is 0 Å². The monoisotopic (exact) mass is 392 g/mol. The van der Waals surface area contributed by atoms with Crippen LogP contribution in [0.25, 0.3) is 0 Å². The fourth-order valence-corrected chi connectivity index (χ4v) is 3.67. The van der Waals surface area contributed by atoms with Crippen LogP contribution in [0.5, 0.6) is 0 Å². The molecule has 0 radical (unpaired) electrons. The summed E-state index contributed by atoms with van der Waals surface area (Å²) < 4.78 is 15.0. The predicted octanol–water partition coefficient (Wildman–Crippen LogP) is 3.07. The SMILES string of the molecule is Cc1cc2n(n1)C[C@@](C)(C(=O)NCc1ccccc1)N(c1ccc(F)cc1)C2=O. The summed E-state index contributed by atoms with van der Waals surface area (Å²) in [6.45, 7) is 4.04. The number of rotatable bonds is 4. The number of aromatic nitrogens is 2. The smallest absolute Gasteiger partial charge is 0.277 e. The van der Waals surface area contributed by atoms with Crippen LogP contribution in [-0.4, -0.2) is 27.1 Å². The van der Waals surface area contributed by atoms with Gasteiger partial charge in [0.2, 0.25) is 5.91 Å². The summed E-state index contributed by atoms with van der Waals surface area (Å²) in [5.74, 6) is -1.06. The summed E-state index contributed by atoms with van der Waals surface area (Å²) in [6, 6.07) is 16.8. The van der Waals surface area contributed by atoms with Crippen molar-refractivity contribution in [3.8, 4) is 0 Å². The zero-order valence-corrected chi connectivity index (χ0v) is 16.2. The van der Waals surface area contributed by atoms with Gasteiger partial charge in [-0.25, -0.2) is 4.39 Å². The van der Waals surface area contributed by atoms with Crippen molar-refractivity contribution >= 4 is 17.5 Å². The first-order chi connectivity index (χ1) is 13.9. The summed E-state index contributed by atoms with van der Waals surface area (Å²) >= 11 is 0. The third kappa shape index (κ3) is 3.40. The summed E-state index contributed by atoms with van der Waals surface area (Å²) in [7, 11) is 0. The number of halogens is 1. The first-order valence-corrected chi connectivity index (χ1v) is 9.35. The lowest BCUT2D eigenvalue weighted by molar-refractivity contribution is -0.126. The molecule has 0 unspecified atom stereocenters. The van der Waals surface area contributed by atoms with Crippen LogP contribution < -0.4 is 10.2 Å². The average Bonchev–Trinajstić information content (AvgIpc) is 3.08. The summed E-state index contributed by atoms with van der Waals surface area (Å²) in [5, 5.41) is 7.30.